The van der Waals surface area contributed by atoms with E-state index in [4.69, 9.17) is 9.47 Å². The number of rotatable bonds is 10. The first-order valence-electron chi connectivity index (χ1n) is 9.90. The molecule has 0 spiro atoms. The van der Waals surface area contributed by atoms with Gasteiger partial charge < -0.3 is 14.8 Å². The number of thioether (sulfide) groups is 1. The van der Waals surface area contributed by atoms with Gasteiger partial charge in [0.1, 0.15) is 6.61 Å². The predicted octanol–water partition coefficient (Wildman–Crippen LogP) is 5.16. The Labute approximate surface area is 200 Å². The molecule has 0 saturated carbocycles. The second-order valence-electron chi connectivity index (χ2n) is 7.04. The molecule has 0 atom stereocenters. The van der Waals surface area contributed by atoms with Crippen molar-refractivity contribution in [3.63, 3.8) is 0 Å². The molecule has 3 aromatic rings. The van der Waals surface area contributed by atoms with Crippen molar-refractivity contribution in [2.45, 2.75) is 32.2 Å². The Hall–Kier alpha value is -2.78. The van der Waals surface area contributed by atoms with Gasteiger partial charge in [-0.05, 0) is 55.3 Å². The number of hydrogen-bond donors (Lipinski definition) is 1. The Morgan fingerprint density at radius 1 is 1.22 bits per heavy atom. The molecule has 3 rings (SSSR count). The number of allylic oxidation sites excluding steroid dienone is 1. The third-order valence-corrected chi connectivity index (χ3v) is 6.41. The van der Waals surface area contributed by atoms with E-state index in [1.807, 2.05) is 54.8 Å². The molecule has 0 fully saturated rings. The number of carbonyl (C=O) groups is 1. The maximum atomic E-state index is 12.4. The fraction of sp³-hybridized carbons (Fsp3) is 0.261. The van der Waals surface area contributed by atoms with Crippen LogP contribution in [0.15, 0.2) is 58.7 Å². The van der Waals surface area contributed by atoms with Crippen molar-refractivity contribution < 1.29 is 14.3 Å². The third-order valence-electron chi connectivity index (χ3n) is 4.56. The number of methoxy groups -OCH3 is 1. The van der Waals surface area contributed by atoms with Crippen molar-refractivity contribution in [2.24, 2.45) is 0 Å². The quantitative estimate of drug-likeness (QED) is 0.296. The molecule has 0 bridgehead atoms. The van der Waals surface area contributed by atoms with E-state index >= 15 is 0 Å². The van der Waals surface area contributed by atoms with Crippen molar-refractivity contribution in [3.05, 3.63) is 70.5 Å². The lowest BCUT2D eigenvalue weighted by Gasteiger charge is -2.12. The van der Waals surface area contributed by atoms with Crippen LogP contribution < -0.4 is 14.8 Å². The minimum Gasteiger partial charge on any atom is -0.493 e. The number of anilines is 1. The van der Waals surface area contributed by atoms with E-state index < -0.39 is 0 Å². The van der Waals surface area contributed by atoms with Gasteiger partial charge >= 0.3 is 0 Å². The minimum atomic E-state index is -0.118. The molecule has 0 aliphatic heterocycles. The molecule has 9 heteroatoms. The van der Waals surface area contributed by atoms with Gasteiger partial charge in [-0.2, -0.15) is 0 Å². The predicted molar refractivity (Wildman–Crippen MR) is 131 cm³/mol. The first-order chi connectivity index (χ1) is 15.4. The summed E-state index contributed by atoms with van der Waals surface area (Å²) in [7, 11) is 1.61. The Morgan fingerprint density at radius 2 is 2.03 bits per heavy atom. The number of nitrogens with zero attached hydrogens (tertiary/aromatic N) is 3. The molecule has 1 N–H and O–H groups in total. The molecular weight excluding hydrogens is 492 g/mol. The lowest BCUT2D eigenvalue weighted by Crippen LogP contribution is -2.15. The molecule has 7 nitrogen and oxygen atoms in total. The second kappa shape index (κ2) is 11.2. The number of aryl methyl sites for hydroxylation is 2. The largest absolute Gasteiger partial charge is 0.493 e. The van der Waals surface area contributed by atoms with Crippen LogP contribution in [0.3, 0.4) is 0 Å². The van der Waals surface area contributed by atoms with Crippen LogP contribution in [-0.4, -0.2) is 33.5 Å². The highest BCUT2D eigenvalue weighted by Crippen LogP contribution is 2.29. The second-order valence-corrected chi connectivity index (χ2v) is 8.84. The molecule has 1 amide bonds. The van der Waals surface area contributed by atoms with Crippen LogP contribution >= 0.6 is 27.7 Å². The van der Waals surface area contributed by atoms with Gasteiger partial charge in [-0.3, -0.25) is 9.36 Å². The van der Waals surface area contributed by atoms with Crippen molar-refractivity contribution in [2.75, 3.05) is 18.2 Å². The van der Waals surface area contributed by atoms with E-state index in [1.165, 1.54) is 11.8 Å². The first-order valence-corrected chi connectivity index (χ1v) is 11.7. The smallest absolute Gasteiger partial charge is 0.234 e. The van der Waals surface area contributed by atoms with Crippen LogP contribution in [0, 0.1) is 13.8 Å². The van der Waals surface area contributed by atoms with Gasteiger partial charge in [0, 0.05) is 16.7 Å². The van der Waals surface area contributed by atoms with Gasteiger partial charge in [-0.1, -0.05) is 39.8 Å². The maximum absolute atomic E-state index is 12.4. The number of nitrogens with one attached hydrogen (secondary N) is 1. The zero-order valence-corrected chi connectivity index (χ0v) is 20.6. The average Bonchev–Trinajstić information content (AvgIpc) is 3.15. The lowest BCUT2D eigenvalue weighted by atomic mass is 10.2. The number of benzene rings is 2. The summed E-state index contributed by atoms with van der Waals surface area (Å²) in [5, 5.41) is 12.0. The fourth-order valence-electron chi connectivity index (χ4n) is 2.93. The van der Waals surface area contributed by atoms with Gasteiger partial charge in [0.25, 0.3) is 0 Å². The van der Waals surface area contributed by atoms with E-state index in [9.17, 15) is 4.79 Å². The zero-order valence-electron chi connectivity index (χ0n) is 18.2. The van der Waals surface area contributed by atoms with E-state index in [1.54, 1.807) is 13.2 Å². The molecule has 1 aromatic heterocycles. The molecule has 0 aliphatic carbocycles. The first kappa shape index (κ1) is 23.9. The molecule has 0 radical (unpaired) electrons. The summed E-state index contributed by atoms with van der Waals surface area (Å²) < 4.78 is 14.2. The van der Waals surface area contributed by atoms with Gasteiger partial charge in [0.2, 0.25) is 5.91 Å². The Kier molecular flexibility index (Phi) is 8.35. The third kappa shape index (κ3) is 6.14. The number of halogens is 1. The number of carbonyl (C=O) groups excluding carboxylic acids is 1. The summed E-state index contributed by atoms with van der Waals surface area (Å²) in [6.07, 6.45) is 1.76. The maximum Gasteiger partial charge on any atom is 0.234 e. The highest BCUT2D eigenvalue weighted by Gasteiger charge is 2.15. The summed E-state index contributed by atoms with van der Waals surface area (Å²) >= 11 is 4.77. The molecule has 168 valence electrons. The van der Waals surface area contributed by atoms with Gasteiger partial charge in [-0.15, -0.1) is 16.8 Å². The summed E-state index contributed by atoms with van der Waals surface area (Å²) in [4.78, 5) is 12.4. The number of ether oxygens (including phenoxy) is 2. The van der Waals surface area contributed by atoms with Crippen LogP contribution in [0.25, 0.3) is 0 Å². The molecule has 0 saturated heterocycles. The summed E-state index contributed by atoms with van der Waals surface area (Å²) in [6, 6.07) is 11.4. The van der Waals surface area contributed by atoms with E-state index in [0.29, 0.717) is 29.0 Å². The molecule has 0 unspecified atom stereocenters. The highest BCUT2D eigenvalue weighted by atomic mass is 79.9. The van der Waals surface area contributed by atoms with Crippen molar-refractivity contribution in [3.8, 4) is 11.5 Å². The molecule has 1 heterocycles. The Bertz CT molecular complexity index is 1120. The lowest BCUT2D eigenvalue weighted by molar-refractivity contribution is -0.113. The number of hydrogen-bond acceptors (Lipinski definition) is 6. The van der Waals surface area contributed by atoms with Crippen LogP contribution in [-0.2, 0) is 17.9 Å². The molecular formula is C23H25BrN4O3S. The van der Waals surface area contributed by atoms with Crippen LogP contribution in [0.4, 0.5) is 5.69 Å². The van der Waals surface area contributed by atoms with E-state index in [0.717, 1.165) is 21.3 Å². The van der Waals surface area contributed by atoms with Crippen molar-refractivity contribution in [1.82, 2.24) is 14.8 Å². The fourth-order valence-corrected chi connectivity index (χ4v) is 3.94. The zero-order chi connectivity index (χ0) is 23.1. The minimum absolute atomic E-state index is 0.118. The summed E-state index contributed by atoms with van der Waals surface area (Å²) in [6.45, 7) is 8.49. The van der Waals surface area contributed by atoms with E-state index in [2.05, 4.69) is 38.0 Å². The van der Waals surface area contributed by atoms with Crippen molar-refractivity contribution in [1.29, 1.82) is 0 Å². The number of amides is 1. The molecule has 0 aliphatic rings. The van der Waals surface area contributed by atoms with Crippen LogP contribution in [0.2, 0.25) is 0 Å². The summed E-state index contributed by atoms with van der Waals surface area (Å²) in [5.41, 5.74) is 2.89. The Morgan fingerprint density at radius 3 is 2.75 bits per heavy atom. The van der Waals surface area contributed by atoms with Crippen LogP contribution in [0.5, 0.6) is 11.5 Å². The normalized spacial score (nSPS) is 10.6. The monoisotopic (exact) mass is 516 g/mol. The van der Waals surface area contributed by atoms with Crippen molar-refractivity contribution >= 4 is 39.3 Å². The van der Waals surface area contributed by atoms with Gasteiger partial charge in [-0.25, -0.2) is 0 Å². The van der Waals surface area contributed by atoms with Crippen LogP contribution in [0.1, 0.15) is 17.0 Å². The topological polar surface area (TPSA) is 78.3 Å². The van der Waals surface area contributed by atoms with Gasteiger partial charge in [0.05, 0.1) is 12.9 Å². The Balaban J connectivity index is 1.64. The summed E-state index contributed by atoms with van der Waals surface area (Å²) in [5.74, 6) is 2.02. The molecule has 2 aromatic carbocycles. The number of aromatic nitrogens is 3. The van der Waals surface area contributed by atoms with Gasteiger partial charge in [0.15, 0.2) is 22.5 Å². The highest BCUT2D eigenvalue weighted by molar-refractivity contribution is 9.10. The standard InChI is InChI=1S/C23H25BrN4O3S/c1-5-10-28-21(13-31-19-9-6-15(2)11-20(19)30-4)26-27-23(28)32-14-22(29)25-17-7-8-18(24)16(3)12-17/h5-9,11-12H,1,10,13-14H2,2-4H3,(H,25,29). The average molecular weight is 517 g/mol. The van der Waals surface area contributed by atoms with E-state index in [-0.39, 0.29) is 18.3 Å². The molecule has 32 heavy (non-hydrogen) atoms. The SMILES string of the molecule is C=CCn1c(COc2ccc(C)cc2OC)nnc1SCC(=O)Nc1ccc(Br)c(C)c1.